The van der Waals surface area contributed by atoms with Gasteiger partial charge in [-0.15, -0.1) is 0 Å². The highest BCUT2D eigenvalue weighted by molar-refractivity contribution is 6.63. The minimum absolute atomic E-state index is 0.119. The lowest BCUT2D eigenvalue weighted by Crippen LogP contribution is -2.22. The number of hydrogen-bond donors (Lipinski definition) is 0. The lowest BCUT2D eigenvalue weighted by Gasteiger charge is -1.93. The van der Waals surface area contributed by atoms with E-state index in [0.717, 1.165) is 0 Å². The number of carbonyl (C=O) groups is 3. The third-order valence-electron chi connectivity index (χ3n) is 1.30. The zero-order valence-corrected chi connectivity index (χ0v) is 6.85. The molecule has 0 fully saturated rings. The van der Waals surface area contributed by atoms with Crippen molar-refractivity contribution in [3.8, 4) is 0 Å². The van der Waals surface area contributed by atoms with Crippen LogP contribution < -0.4 is 0 Å². The summed E-state index contributed by atoms with van der Waals surface area (Å²) in [6.07, 6.45) is 0.917. The van der Waals surface area contributed by atoms with Crippen LogP contribution in [0.5, 0.6) is 0 Å². The van der Waals surface area contributed by atoms with E-state index in [-0.39, 0.29) is 12.8 Å². The average molecular weight is 156 g/mol. The molecule has 62 valence electrons. The maximum absolute atomic E-state index is 10.8. The van der Waals surface area contributed by atoms with Gasteiger partial charge in [0.25, 0.3) is 5.78 Å². The second-order valence-corrected chi connectivity index (χ2v) is 2.28. The highest BCUT2D eigenvalue weighted by atomic mass is 16.2. The normalized spacial score (nSPS) is 9.27. The molecule has 0 aliphatic heterocycles. The van der Waals surface area contributed by atoms with Crippen LogP contribution in [-0.4, -0.2) is 17.3 Å². The van der Waals surface area contributed by atoms with E-state index in [0.29, 0.717) is 6.42 Å². The average Bonchev–Trinajstić information content (AvgIpc) is 2.02. The van der Waals surface area contributed by atoms with Gasteiger partial charge in [0.2, 0.25) is 11.6 Å². The van der Waals surface area contributed by atoms with Crippen molar-refractivity contribution in [2.45, 2.75) is 33.1 Å². The van der Waals surface area contributed by atoms with Crippen LogP contribution in [0.15, 0.2) is 0 Å². The van der Waals surface area contributed by atoms with E-state index in [1.807, 2.05) is 0 Å². The van der Waals surface area contributed by atoms with E-state index < -0.39 is 17.3 Å². The van der Waals surface area contributed by atoms with E-state index in [2.05, 4.69) is 0 Å². The third kappa shape index (κ3) is 3.07. The Hall–Kier alpha value is -0.990. The molecule has 0 aliphatic rings. The number of hydrogen-bond acceptors (Lipinski definition) is 3. The first kappa shape index (κ1) is 10.0. The maximum Gasteiger partial charge on any atom is 0.264 e. The molecule has 0 radical (unpaired) electrons. The zero-order valence-electron chi connectivity index (χ0n) is 6.85. The molecule has 0 aromatic carbocycles. The van der Waals surface area contributed by atoms with Crippen molar-refractivity contribution in [2.24, 2.45) is 0 Å². The largest absolute Gasteiger partial charge is 0.290 e. The summed E-state index contributed by atoms with van der Waals surface area (Å²) in [5, 5.41) is 0. The summed E-state index contributed by atoms with van der Waals surface area (Å²) in [5.41, 5.74) is 0. The van der Waals surface area contributed by atoms with Gasteiger partial charge in [0, 0.05) is 12.8 Å². The lowest BCUT2D eigenvalue weighted by atomic mass is 10.1. The Morgan fingerprint density at radius 2 is 1.55 bits per heavy atom. The van der Waals surface area contributed by atoms with Gasteiger partial charge in [0.1, 0.15) is 0 Å². The van der Waals surface area contributed by atoms with Gasteiger partial charge < -0.3 is 0 Å². The summed E-state index contributed by atoms with van der Waals surface area (Å²) >= 11 is 0. The molecule has 0 heterocycles. The lowest BCUT2D eigenvalue weighted by molar-refractivity contribution is -0.143. The molecule has 0 amide bonds. The summed E-state index contributed by atoms with van der Waals surface area (Å²) < 4.78 is 0. The molecule has 3 heteroatoms. The Kier molecular flexibility index (Phi) is 4.34. The van der Waals surface area contributed by atoms with E-state index in [4.69, 9.17) is 0 Å². The Labute approximate surface area is 65.8 Å². The molecule has 0 atom stereocenters. The molecular formula is C8H12O3. The molecule has 0 unspecified atom stereocenters. The Balaban J connectivity index is 4.03. The molecule has 0 aliphatic carbocycles. The van der Waals surface area contributed by atoms with Crippen molar-refractivity contribution in [1.82, 2.24) is 0 Å². The van der Waals surface area contributed by atoms with E-state index in [1.165, 1.54) is 0 Å². The van der Waals surface area contributed by atoms with Crippen molar-refractivity contribution >= 4 is 17.3 Å². The molecule has 3 nitrogen and oxygen atoms in total. The van der Waals surface area contributed by atoms with Gasteiger partial charge in [0.15, 0.2) is 0 Å². The number of ketones is 3. The molecule has 0 bridgehead atoms. The fraction of sp³-hybridized carbons (Fsp3) is 0.625. The van der Waals surface area contributed by atoms with Crippen molar-refractivity contribution in [2.75, 3.05) is 0 Å². The van der Waals surface area contributed by atoms with E-state index >= 15 is 0 Å². The monoisotopic (exact) mass is 156 g/mol. The molecule has 0 spiro atoms. The maximum atomic E-state index is 10.8. The predicted octanol–water partition coefficient (Wildman–Crippen LogP) is 0.904. The highest BCUT2D eigenvalue weighted by Gasteiger charge is 2.18. The standard InChI is InChI=1S/C8H12O3/c1-3-5-7(10)8(11)6(9)4-2/h3-5H2,1-2H3. The number of Topliss-reactive ketones (excluding diaryl/α,β-unsaturated/α-hetero) is 3. The van der Waals surface area contributed by atoms with Crippen molar-refractivity contribution < 1.29 is 14.4 Å². The summed E-state index contributed by atoms with van der Waals surface area (Å²) in [4.78, 5) is 32.2. The summed E-state index contributed by atoms with van der Waals surface area (Å²) in [7, 11) is 0. The van der Waals surface area contributed by atoms with Crippen molar-refractivity contribution in [3.63, 3.8) is 0 Å². The topological polar surface area (TPSA) is 51.2 Å². The fourth-order valence-corrected chi connectivity index (χ4v) is 0.657. The first-order valence-electron chi connectivity index (χ1n) is 3.73. The zero-order chi connectivity index (χ0) is 8.85. The molecule has 0 aromatic heterocycles. The first-order valence-corrected chi connectivity index (χ1v) is 3.73. The molecule has 0 saturated carbocycles. The summed E-state index contributed by atoms with van der Waals surface area (Å²) in [6.45, 7) is 3.36. The minimum atomic E-state index is -0.839. The second-order valence-electron chi connectivity index (χ2n) is 2.28. The fourth-order valence-electron chi connectivity index (χ4n) is 0.657. The quantitative estimate of drug-likeness (QED) is 0.439. The Bertz CT molecular complexity index is 182. The SMILES string of the molecule is CCCC(=O)C(=O)C(=O)CC. The highest BCUT2D eigenvalue weighted by Crippen LogP contribution is 1.93. The smallest absolute Gasteiger partial charge is 0.264 e. The van der Waals surface area contributed by atoms with Crippen LogP contribution in [0.3, 0.4) is 0 Å². The predicted molar refractivity (Wildman–Crippen MR) is 40.2 cm³/mol. The Morgan fingerprint density at radius 3 is 1.91 bits per heavy atom. The van der Waals surface area contributed by atoms with Crippen LogP contribution in [0.25, 0.3) is 0 Å². The van der Waals surface area contributed by atoms with Crippen LogP contribution >= 0.6 is 0 Å². The first-order chi connectivity index (χ1) is 5.13. The number of carbonyl (C=O) groups excluding carboxylic acids is 3. The van der Waals surface area contributed by atoms with Gasteiger partial charge in [-0.1, -0.05) is 13.8 Å². The minimum Gasteiger partial charge on any atom is -0.290 e. The summed E-state index contributed by atoms with van der Waals surface area (Å²) in [6, 6.07) is 0. The van der Waals surface area contributed by atoms with E-state index in [1.54, 1.807) is 13.8 Å². The molecular weight excluding hydrogens is 144 g/mol. The van der Waals surface area contributed by atoms with Crippen LogP contribution in [0, 0.1) is 0 Å². The summed E-state index contributed by atoms with van der Waals surface area (Å²) in [5.74, 6) is -1.97. The van der Waals surface area contributed by atoms with Gasteiger partial charge in [-0.05, 0) is 6.42 Å². The van der Waals surface area contributed by atoms with Gasteiger partial charge >= 0.3 is 0 Å². The van der Waals surface area contributed by atoms with Crippen LogP contribution in [0.1, 0.15) is 33.1 Å². The van der Waals surface area contributed by atoms with Crippen LogP contribution in [0.2, 0.25) is 0 Å². The van der Waals surface area contributed by atoms with Gasteiger partial charge in [-0.2, -0.15) is 0 Å². The van der Waals surface area contributed by atoms with Gasteiger partial charge in [-0.3, -0.25) is 14.4 Å². The third-order valence-corrected chi connectivity index (χ3v) is 1.30. The molecule has 11 heavy (non-hydrogen) atoms. The molecule has 0 N–H and O–H groups in total. The van der Waals surface area contributed by atoms with Crippen LogP contribution in [0.4, 0.5) is 0 Å². The van der Waals surface area contributed by atoms with Gasteiger partial charge in [-0.25, -0.2) is 0 Å². The van der Waals surface area contributed by atoms with Gasteiger partial charge in [0.05, 0.1) is 0 Å². The van der Waals surface area contributed by atoms with Crippen LogP contribution in [-0.2, 0) is 14.4 Å². The van der Waals surface area contributed by atoms with Crippen molar-refractivity contribution in [3.05, 3.63) is 0 Å². The molecule has 0 aromatic rings. The number of rotatable bonds is 5. The molecule has 0 saturated heterocycles. The van der Waals surface area contributed by atoms with Crippen molar-refractivity contribution in [1.29, 1.82) is 0 Å². The Morgan fingerprint density at radius 1 is 1.00 bits per heavy atom. The molecule has 0 rings (SSSR count). The second kappa shape index (κ2) is 4.77. The van der Waals surface area contributed by atoms with E-state index in [9.17, 15) is 14.4 Å².